The third-order valence-electron chi connectivity index (χ3n) is 7.91. The highest BCUT2D eigenvalue weighted by Crippen LogP contribution is 2.46. The Morgan fingerprint density at radius 2 is 1.59 bits per heavy atom. The molecule has 2 heterocycles. The molecule has 29 heavy (non-hydrogen) atoms. The Bertz CT molecular complexity index is 827. The normalized spacial score (nSPS) is 28.3. The Morgan fingerprint density at radius 3 is 2.17 bits per heavy atom. The maximum absolute atomic E-state index is 14.9. The molecule has 0 amide bonds. The number of methoxy groups -OCH3 is 1. The summed E-state index contributed by atoms with van der Waals surface area (Å²) in [4.78, 5) is 0. The van der Waals surface area contributed by atoms with Gasteiger partial charge in [0.1, 0.15) is 5.82 Å². The molecule has 2 saturated heterocycles. The standard InChI is InChI=1S/C26H35FNO/c1-18-9-7-10-19(2)25(18)23(26(29-4)22-13-5-6-14-24(22)27)17-28(3)20-11-8-12-21(28)16-15-20/h5-7,9-10,13-14,20-21,23,26H,8,11-12,15-17H2,1-4H3/q+1/t20?,21?,23?,26-,28?/m1/s1. The number of hydrogen-bond acceptors (Lipinski definition) is 1. The van der Waals surface area contributed by atoms with E-state index >= 15 is 0 Å². The van der Waals surface area contributed by atoms with Crippen molar-refractivity contribution in [3.05, 3.63) is 70.5 Å². The van der Waals surface area contributed by atoms with Crippen molar-refractivity contribution in [1.82, 2.24) is 0 Å². The number of quaternary nitrogens is 1. The molecule has 3 heteroatoms. The molecule has 2 aliphatic heterocycles. The molecule has 3 unspecified atom stereocenters. The van der Waals surface area contributed by atoms with Gasteiger partial charge in [-0.3, -0.25) is 0 Å². The molecule has 2 aliphatic rings. The predicted octanol–water partition coefficient (Wildman–Crippen LogP) is 6.08. The second-order valence-electron chi connectivity index (χ2n) is 9.44. The van der Waals surface area contributed by atoms with Gasteiger partial charge in [0, 0.05) is 25.5 Å². The van der Waals surface area contributed by atoms with Crippen molar-refractivity contribution in [2.24, 2.45) is 0 Å². The monoisotopic (exact) mass is 396 g/mol. The summed E-state index contributed by atoms with van der Waals surface area (Å²) in [6.45, 7) is 5.39. The van der Waals surface area contributed by atoms with E-state index in [-0.39, 0.29) is 17.8 Å². The van der Waals surface area contributed by atoms with Gasteiger partial charge in [0.05, 0.1) is 37.7 Å². The van der Waals surface area contributed by atoms with Crippen molar-refractivity contribution in [2.45, 2.75) is 70.1 Å². The van der Waals surface area contributed by atoms with Crippen LogP contribution in [0.3, 0.4) is 0 Å². The minimum absolute atomic E-state index is 0.129. The van der Waals surface area contributed by atoms with Crippen LogP contribution in [0.25, 0.3) is 0 Å². The minimum Gasteiger partial charge on any atom is -0.376 e. The summed E-state index contributed by atoms with van der Waals surface area (Å²) in [7, 11) is 4.19. The molecule has 0 saturated carbocycles. The Balaban J connectivity index is 1.81. The van der Waals surface area contributed by atoms with E-state index in [2.05, 4.69) is 39.1 Å². The number of likely N-dealkylation sites (N-methyl/N-ethyl adjacent to an activating group) is 1. The fraction of sp³-hybridized carbons (Fsp3) is 0.538. The number of halogens is 1. The number of ether oxygens (including phenoxy) is 1. The Kier molecular flexibility index (Phi) is 5.81. The van der Waals surface area contributed by atoms with Crippen LogP contribution >= 0.6 is 0 Å². The smallest absolute Gasteiger partial charge is 0.129 e. The van der Waals surface area contributed by atoms with Crippen LogP contribution in [-0.4, -0.2) is 37.3 Å². The van der Waals surface area contributed by atoms with Gasteiger partial charge >= 0.3 is 0 Å². The SMILES string of the molecule is CO[C@H](c1ccccc1F)C(C[N+]1(C)C2CCCC1CC2)c1c(C)cccc1C. The zero-order valence-electron chi connectivity index (χ0n) is 18.3. The third kappa shape index (κ3) is 3.64. The molecule has 0 aromatic heterocycles. The van der Waals surface area contributed by atoms with Gasteiger partial charge in [-0.1, -0.05) is 36.4 Å². The molecule has 2 aromatic carbocycles. The zero-order valence-corrected chi connectivity index (χ0v) is 18.3. The van der Waals surface area contributed by atoms with E-state index in [9.17, 15) is 4.39 Å². The van der Waals surface area contributed by atoms with Crippen LogP contribution < -0.4 is 0 Å². The quantitative estimate of drug-likeness (QED) is 0.538. The number of piperidine rings is 1. The highest BCUT2D eigenvalue weighted by Gasteiger charge is 2.50. The first-order valence-electron chi connectivity index (χ1n) is 11.1. The molecule has 156 valence electrons. The van der Waals surface area contributed by atoms with Gasteiger partial charge in [-0.15, -0.1) is 0 Å². The molecule has 2 fully saturated rings. The largest absolute Gasteiger partial charge is 0.376 e. The number of fused-ring (bicyclic) bond motifs is 2. The van der Waals surface area contributed by atoms with Crippen LogP contribution in [0, 0.1) is 19.7 Å². The molecule has 4 atom stereocenters. The lowest BCUT2D eigenvalue weighted by molar-refractivity contribution is -0.949. The van der Waals surface area contributed by atoms with E-state index in [0.29, 0.717) is 5.56 Å². The van der Waals surface area contributed by atoms with Crippen molar-refractivity contribution in [3.63, 3.8) is 0 Å². The molecule has 0 N–H and O–H groups in total. The van der Waals surface area contributed by atoms with Gasteiger partial charge in [0.2, 0.25) is 0 Å². The van der Waals surface area contributed by atoms with Gasteiger partial charge in [-0.05, 0) is 55.9 Å². The number of rotatable bonds is 6. The Labute approximate surface area is 175 Å². The van der Waals surface area contributed by atoms with E-state index < -0.39 is 0 Å². The summed E-state index contributed by atoms with van der Waals surface area (Å²) in [6, 6.07) is 15.1. The van der Waals surface area contributed by atoms with Gasteiger partial charge < -0.3 is 9.22 Å². The average Bonchev–Trinajstić information content (AvgIpc) is 2.87. The van der Waals surface area contributed by atoms with E-state index in [1.165, 1.54) is 48.8 Å². The third-order valence-corrected chi connectivity index (χ3v) is 7.91. The van der Waals surface area contributed by atoms with Crippen LogP contribution in [0.15, 0.2) is 42.5 Å². The van der Waals surface area contributed by atoms with Crippen molar-refractivity contribution in [2.75, 3.05) is 20.7 Å². The molecule has 0 radical (unpaired) electrons. The minimum atomic E-state index is -0.285. The van der Waals surface area contributed by atoms with E-state index in [0.717, 1.165) is 23.1 Å². The predicted molar refractivity (Wildman–Crippen MR) is 117 cm³/mol. The van der Waals surface area contributed by atoms with Gasteiger partial charge in [-0.25, -0.2) is 4.39 Å². The van der Waals surface area contributed by atoms with Gasteiger partial charge in [0.15, 0.2) is 0 Å². The number of aryl methyl sites for hydroxylation is 2. The second-order valence-corrected chi connectivity index (χ2v) is 9.44. The van der Waals surface area contributed by atoms with Crippen LogP contribution in [0.2, 0.25) is 0 Å². The topological polar surface area (TPSA) is 9.23 Å². The lowest BCUT2D eigenvalue weighted by atomic mass is 9.82. The van der Waals surface area contributed by atoms with E-state index in [4.69, 9.17) is 4.74 Å². The Morgan fingerprint density at radius 1 is 0.966 bits per heavy atom. The van der Waals surface area contributed by atoms with Crippen LogP contribution in [-0.2, 0) is 4.74 Å². The molecular formula is C26H35FNO+. The number of nitrogens with zero attached hydrogens (tertiary/aromatic N) is 1. The first-order valence-corrected chi connectivity index (χ1v) is 11.1. The van der Waals surface area contributed by atoms with Crippen LogP contribution in [0.1, 0.15) is 66.4 Å². The maximum Gasteiger partial charge on any atom is 0.129 e. The summed E-state index contributed by atoms with van der Waals surface area (Å²) in [5.41, 5.74) is 4.58. The summed E-state index contributed by atoms with van der Waals surface area (Å²) in [5, 5.41) is 0. The fourth-order valence-corrected chi connectivity index (χ4v) is 6.43. The van der Waals surface area contributed by atoms with Gasteiger partial charge in [0.25, 0.3) is 0 Å². The molecule has 2 bridgehead atoms. The first kappa shape index (κ1) is 20.6. The Hall–Kier alpha value is -1.71. The van der Waals surface area contributed by atoms with Crippen molar-refractivity contribution >= 4 is 0 Å². The molecular weight excluding hydrogens is 361 g/mol. The van der Waals surface area contributed by atoms with Crippen molar-refractivity contribution in [1.29, 1.82) is 0 Å². The van der Waals surface area contributed by atoms with Gasteiger partial charge in [-0.2, -0.15) is 0 Å². The highest BCUT2D eigenvalue weighted by atomic mass is 19.1. The summed E-state index contributed by atoms with van der Waals surface area (Å²) in [5.74, 6) is -0.0378. The molecule has 2 nitrogen and oxygen atoms in total. The second kappa shape index (κ2) is 8.20. The highest BCUT2D eigenvalue weighted by molar-refractivity contribution is 5.39. The summed E-state index contributed by atoms with van der Waals surface area (Å²) in [6.07, 6.45) is 6.38. The summed E-state index contributed by atoms with van der Waals surface area (Å²) >= 11 is 0. The lowest BCUT2D eigenvalue weighted by Crippen LogP contribution is -2.58. The van der Waals surface area contributed by atoms with Crippen LogP contribution in [0.4, 0.5) is 4.39 Å². The zero-order chi connectivity index (χ0) is 20.6. The van der Waals surface area contributed by atoms with E-state index in [1.54, 1.807) is 19.2 Å². The lowest BCUT2D eigenvalue weighted by Gasteiger charge is -2.48. The maximum atomic E-state index is 14.9. The molecule has 0 spiro atoms. The van der Waals surface area contributed by atoms with Crippen LogP contribution in [0.5, 0.6) is 0 Å². The van der Waals surface area contributed by atoms with E-state index in [1.807, 2.05) is 12.1 Å². The molecule has 0 aliphatic carbocycles. The average molecular weight is 397 g/mol. The molecule has 2 aromatic rings. The van der Waals surface area contributed by atoms with Crippen molar-refractivity contribution < 1.29 is 13.6 Å². The van der Waals surface area contributed by atoms with Crippen molar-refractivity contribution in [3.8, 4) is 0 Å². The summed E-state index contributed by atoms with van der Waals surface area (Å²) < 4.78 is 22.0. The first-order chi connectivity index (χ1) is 14.0. The fourth-order valence-electron chi connectivity index (χ4n) is 6.43. The number of benzene rings is 2. The molecule has 4 rings (SSSR count). The number of hydrogen-bond donors (Lipinski definition) is 0.